The fourth-order valence-electron chi connectivity index (χ4n) is 1.72. The van der Waals surface area contributed by atoms with E-state index in [1.165, 1.54) is 18.9 Å². The first-order valence-corrected chi connectivity index (χ1v) is 9.29. The number of hydrogen-bond donors (Lipinski definition) is 0. The SMILES string of the molecule is COc1cc2nc(S(C)(=O)=O)c(SC(C)C)nc2cc1Cl. The minimum atomic E-state index is -3.47. The molecule has 0 saturated carbocycles. The van der Waals surface area contributed by atoms with Crippen LogP contribution in [0.25, 0.3) is 11.0 Å². The Bertz CT molecular complexity index is 792. The average Bonchev–Trinajstić information content (AvgIpc) is 2.35. The van der Waals surface area contributed by atoms with Crippen molar-refractivity contribution in [3.05, 3.63) is 17.2 Å². The molecule has 0 amide bonds. The number of sulfone groups is 1. The van der Waals surface area contributed by atoms with Gasteiger partial charge < -0.3 is 4.74 Å². The summed E-state index contributed by atoms with van der Waals surface area (Å²) < 4.78 is 29.0. The van der Waals surface area contributed by atoms with Crippen LogP contribution in [0.5, 0.6) is 5.75 Å². The molecule has 1 aromatic heterocycles. The van der Waals surface area contributed by atoms with E-state index in [0.29, 0.717) is 26.8 Å². The zero-order valence-electron chi connectivity index (χ0n) is 12.0. The van der Waals surface area contributed by atoms with Crippen molar-refractivity contribution >= 4 is 44.2 Å². The average molecular weight is 347 g/mol. The Hall–Kier alpha value is -1.05. The molecule has 0 atom stereocenters. The van der Waals surface area contributed by atoms with Crippen LogP contribution in [-0.2, 0) is 9.84 Å². The zero-order valence-corrected chi connectivity index (χ0v) is 14.4. The number of aromatic nitrogens is 2. The maximum absolute atomic E-state index is 11.9. The van der Waals surface area contributed by atoms with E-state index in [4.69, 9.17) is 16.3 Å². The Morgan fingerprint density at radius 1 is 1.24 bits per heavy atom. The molecule has 0 N–H and O–H groups in total. The highest BCUT2D eigenvalue weighted by Crippen LogP contribution is 2.32. The molecule has 0 aliphatic rings. The molecule has 0 aliphatic heterocycles. The van der Waals surface area contributed by atoms with Gasteiger partial charge in [-0.3, -0.25) is 0 Å². The second kappa shape index (κ2) is 5.98. The molecule has 0 bridgehead atoms. The van der Waals surface area contributed by atoms with Crippen molar-refractivity contribution in [2.75, 3.05) is 13.4 Å². The molecule has 1 aromatic carbocycles. The van der Waals surface area contributed by atoms with Crippen molar-refractivity contribution in [3.8, 4) is 5.75 Å². The van der Waals surface area contributed by atoms with Crippen LogP contribution in [0.1, 0.15) is 13.8 Å². The van der Waals surface area contributed by atoms with Gasteiger partial charge in [0.25, 0.3) is 0 Å². The summed E-state index contributed by atoms with van der Waals surface area (Å²) >= 11 is 7.43. The van der Waals surface area contributed by atoms with Crippen molar-refractivity contribution in [1.82, 2.24) is 9.97 Å². The molecule has 0 fully saturated rings. The quantitative estimate of drug-likeness (QED) is 0.792. The molecule has 21 heavy (non-hydrogen) atoms. The topological polar surface area (TPSA) is 69.2 Å². The van der Waals surface area contributed by atoms with Gasteiger partial charge in [0.15, 0.2) is 14.9 Å². The number of methoxy groups -OCH3 is 1. The number of rotatable bonds is 4. The van der Waals surface area contributed by atoms with Crippen LogP contribution in [0.4, 0.5) is 0 Å². The Balaban J connectivity index is 2.76. The number of nitrogens with zero attached hydrogens (tertiary/aromatic N) is 2. The lowest BCUT2D eigenvalue weighted by Crippen LogP contribution is -2.06. The summed E-state index contributed by atoms with van der Waals surface area (Å²) in [6.07, 6.45) is 1.13. The zero-order chi connectivity index (χ0) is 15.8. The van der Waals surface area contributed by atoms with Crippen LogP contribution in [0.3, 0.4) is 0 Å². The number of benzene rings is 1. The van der Waals surface area contributed by atoms with E-state index in [1.54, 1.807) is 12.1 Å². The molecule has 5 nitrogen and oxygen atoms in total. The van der Waals surface area contributed by atoms with Gasteiger partial charge in [-0.25, -0.2) is 18.4 Å². The predicted molar refractivity (Wildman–Crippen MR) is 85.2 cm³/mol. The highest BCUT2D eigenvalue weighted by molar-refractivity contribution is 8.00. The molecule has 0 spiro atoms. The Kier molecular flexibility index (Phi) is 4.65. The van der Waals surface area contributed by atoms with E-state index < -0.39 is 9.84 Å². The molecule has 2 aromatic rings. The molecule has 0 saturated heterocycles. The Morgan fingerprint density at radius 3 is 2.38 bits per heavy atom. The minimum Gasteiger partial charge on any atom is -0.495 e. The third-order valence-corrected chi connectivity index (χ3v) is 4.97. The van der Waals surface area contributed by atoms with E-state index in [1.807, 2.05) is 13.8 Å². The molecule has 2 rings (SSSR count). The van der Waals surface area contributed by atoms with Gasteiger partial charge >= 0.3 is 0 Å². The van der Waals surface area contributed by atoms with Crippen LogP contribution in [0.15, 0.2) is 22.2 Å². The van der Waals surface area contributed by atoms with Gasteiger partial charge in [-0.15, -0.1) is 11.8 Å². The van der Waals surface area contributed by atoms with Gasteiger partial charge in [-0.2, -0.15) is 0 Å². The number of ether oxygens (including phenoxy) is 1. The van der Waals surface area contributed by atoms with Crippen molar-refractivity contribution in [3.63, 3.8) is 0 Å². The summed E-state index contributed by atoms with van der Waals surface area (Å²) in [5, 5.41) is 0.970. The summed E-state index contributed by atoms with van der Waals surface area (Å²) in [5.41, 5.74) is 0.973. The number of halogens is 1. The third kappa shape index (κ3) is 3.59. The van der Waals surface area contributed by atoms with Gasteiger partial charge in [0.2, 0.25) is 0 Å². The van der Waals surface area contributed by atoms with Crippen molar-refractivity contribution in [2.45, 2.75) is 29.1 Å². The monoisotopic (exact) mass is 346 g/mol. The standard InChI is InChI=1S/C13H15ClN2O3S2/c1-7(2)20-12-13(21(4,17)18)16-10-6-11(19-3)8(14)5-9(10)15-12/h5-7H,1-4H3. The summed E-state index contributed by atoms with van der Waals surface area (Å²) in [7, 11) is -1.98. The van der Waals surface area contributed by atoms with Gasteiger partial charge in [0.1, 0.15) is 10.8 Å². The fourth-order valence-corrected chi connectivity index (χ4v) is 3.93. The lowest BCUT2D eigenvalue weighted by Gasteiger charge is -2.11. The summed E-state index contributed by atoms with van der Waals surface area (Å²) in [5.74, 6) is 0.433. The predicted octanol–water partition coefficient (Wildman–Crippen LogP) is 3.20. The molecule has 0 radical (unpaired) electrons. The number of thioether (sulfide) groups is 1. The molecular formula is C13H15ClN2O3S2. The molecule has 1 heterocycles. The molecule has 114 valence electrons. The fraction of sp³-hybridized carbons (Fsp3) is 0.385. The van der Waals surface area contributed by atoms with Crippen molar-refractivity contribution in [2.24, 2.45) is 0 Å². The number of fused-ring (bicyclic) bond motifs is 1. The number of hydrogen-bond acceptors (Lipinski definition) is 6. The Labute approximate surface area is 133 Å². The normalized spacial score (nSPS) is 12.1. The summed E-state index contributed by atoms with van der Waals surface area (Å²) in [4.78, 5) is 8.64. The van der Waals surface area contributed by atoms with Crippen LogP contribution < -0.4 is 4.74 Å². The lowest BCUT2D eigenvalue weighted by molar-refractivity contribution is 0.415. The van der Waals surface area contributed by atoms with Crippen LogP contribution >= 0.6 is 23.4 Å². The first kappa shape index (κ1) is 16.3. The highest BCUT2D eigenvalue weighted by atomic mass is 35.5. The maximum atomic E-state index is 11.9. The second-order valence-corrected chi connectivity index (χ2v) is 8.65. The van der Waals surface area contributed by atoms with E-state index in [2.05, 4.69) is 9.97 Å². The summed E-state index contributed by atoms with van der Waals surface area (Å²) in [6.45, 7) is 3.92. The first-order valence-electron chi connectivity index (χ1n) is 6.14. The Morgan fingerprint density at radius 2 is 1.86 bits per heavy atom. The molecular weight excluding hydrogens is 332 g/mol. The summed E-state index contributed by atoms with van der Waals surface area (Å²) in [6, 6.07) is 3.21. The van der Waals surface area contributed by atoms with Gasteiger partial charge in [0.05, 0.1) is 23.2 Å². The van der Waals surface area contributed by atoms with Gasteiger partial charge in [0, 0.05) is 17.6 Å². The van der Waals surface area contributed by atoms with Crippen LogP contribution in [-0.4, -0.2) is 37.0 Å². The van der Waals surface area contributed by atoms with Crippen LogP contribution in [0, 0.1) is 0 Å². The van der Waals surface area contributed by atoms with Gasteiger partial charge in [-0.05, 0) is 6.07 Å². The smallest absolute Gasteiger partial charge is 0.195 e. The van der Waals surface area contributed by atoms with E-state index in [-0.39, 0.29) is 10.3 Å². The second-order valence-electron chi connectivity index (χ2n) is 4.75. The first-order chi connectivity index (χ1) is 9.72. The minimum absolute atomic E-state index is 0.0157. The maximum Gasteiger partial charge on any atom is 0.195 e. The van der Waals surface area contributed by atoms with Crippen molar-refractivity contribution in [1.29, 1.82) is 0 Å². The molecule has 8 heteroatoms. The highest BCUT2D eigenvalue weighted by Gasteiger charge is 2.20. The van der Waals surface area contributed by atoms with Gasteiger partial charge in [-0.1, -0.05) is 25.4 Å². The van der Waals surface area contributed by atoms with E-state index in [0.717, 1.165) is 6.26 Å². The third-order valence-electron chi connectivity index (χ3n) is 2.57. The largest absolute Gasteiger partial charge is 0.495 e. The molecule has 0 unspecified atom stereocenters. The van der Waals surface area contributed by atoms with Crippen LogP contribution in [0.2, 0.25) is 5.02 Å². The molecule has 0 aliphatic carbocycles. The van der Waals surface area contributed by atoms with Crippen molar-refractivity contribution < 1.29 is 13.2 Å². The lowest BCUT2D eigenvalue weighted by atomic mass is 10.3. The van der Waals surface area contributed by atoms with E-state index >= 15 is 0 Å². The van der Waals surface area contributed by atoms with E-state index in [9.17, 15) is 8.42 Å².